The number of nitrogens with zero attached hydrogens (tertiary/aromatic N) is 4. The molecule has 3 rings (SSSR count). The average molecular weight is 235 g/mol. The Hall–Kier alpha value is -2.87. The summed E-state index contributed by atoms with van der Waals surface area (Å²) in [5, 5.41) is 15.0. The predicted octanol–water partition coefficient (Wildman–Crippen LogP) is 1.87. The van der Waals surface area contributed by atoms with Crippen LogP contribution in [0.15, 0.2) is 42.7 Å². The Morgan fingerprint density at radius 2 is 1.89 bits per heavy atom. The minimum atomic E-state index is 0.225. The van der Waals surface area contributed by atoms with Crippen molar-refractivity contribution >= 4 is 16.7 Å². The van der Waals surface area contributed by atoms with Crippen LogP contribution in [0.4, 0.5) is 5.95 Å². The van der Waals surface area contributed by atoms with Crippen LogP contribution in [0, 0.1) is 11.3 Å². The summed E-state index contributed by atoms with van der Waals surface area (Å²) in [6, 6.07) is 13.5. The van der Waals surface area contributed by atoms with Gasteiger partial charge in [0.2, 0.25) is 5.95 Å². The van der Waals surface area contributed by atoms with Gasteiger partial charge in [-0.05, 0) is 12.1 Å². The maximum Gasteiger partial charge on any atom is 0.239 e. The SMILES string of the molecule is N#Cc1ccc(-n2cnc(N)n2)c2ccccc12. The zero-order valence-corrected chi connectivity index (χ0v) is 9.41. The summed E-state index contributed by atoms with van der Waals surface area (Å²) in [7, 11) is 0. The van der Waals surface area contributed by atoms with Gasteiger partial charge in [0.05, 0.1) is 17.3 Å². The number of benzene rings is 2. The summed E-state index contributed by atoms with van der Waals surface area (Å²) < 4.78 is 1.61. The lowest BCUT2D eigenvalue weighted by molar-refractivity contribution is 0.890. The number of fused-ring (bicyclic) bond motifs is 1. The minimum absolute atomic E-state index is 0.225. The van der Waals surface area contributed by atoms with Gasteiger partial charge in [0, 0.05) is 10.8 Å². The molecule has 1 aromatic heterocycles. The van der Waals surface area contributed by atoms with Gasteiger partial charge in [-0.25, -0.2) is 9.67 Å². The highest BCUT2D eigenvalue weighted by Crippen LogP contribution is 2.24. The Balaban J connectivity index is 2.35. The second kappa shape index (κ2) is 3.86. The van der Waals surface area contributed by atoms with Crippen molar-refractivity contribution in [1.82, 2.24) is 14.8 Å². The number of nitrogen functional groups attached to an aromatic ring is 1. The first-order valence-corrected chi connectivity index (χ1v) is 5.39. The molecule has 0 atom stereocenters. The van der Waals surface area contributed by atoms with E-state index in [-0.39, 0.29) is 5.95 Å². The van der Waals surface area contributed by atoms with Crippen molar-refractivity contribution in [1.29, 1.82) is 5.26 Å². The summed E-state index contributed by atoms with van der Waals surface area (Å²) in [4.78, 5) is 3.91. The van der Waals surface area contributed by atoms with Gasteiger partial charge in [0.25, 0.3) is 0 Å². The molecule has 3 aromatic rings. The van der Waals surface area contributed by atoms with Gasteiger partial charge < -0.3 is 5.73 Å². The van der Waals surface area contributed by atoms with Crippen LogP contribution in [0.1, 0.15) is 5.56 Å². The summed E-state index contributed by atoms with van der Waals surface area (Å²) in [5.41, 5.74) is 7.02. The van der Waals surface area contributed by atoms with E-state index in [4.69, 9.17) is 11.0 Å². The van der Waals surface area contributed by atoms with E-state index in [1.807, 2.05) is 30.3 Å². The molecular weight excluding hydrogens is 226 g/mol. The standard InChI is InChI=1S/C13H9N5/c14-7-9-5-6-12(18-8-16-13(15)17-18)11-4-2-1-3-10(9)11/h1-6,8H,(H2,15,17). The number of hydrogen-bond acceptors (Lipinski definition) is 4. The monoisotopic (exact) mass is 235 g/mol. The van der Waals surface area contributed by atoms with Gasteiger partial charge in [0.1, 0.15) is 6.33 Å². The van der Waals surface area contributed by atoms with E-state index in [0.717, 1.165) is 16.5 Å². The summed E-state index contributed by atoms with van der Waals surface area (Å²) in [5.74, 6) is 0.225. The first kappa shape index (κ1) is 10.3. The first-order chi connectivity index (χ1) is 8.79. The molecule has 0 amide bonds. The quantitative estimate of drug-likeness (QED) is 0.698. The lowest BCUT2D eigenvalue weighted by Gasteiger charge is -2.06. The molecule has 0 saturated heterocycles. The largest absolute Gasteiger partial charge is 0.366 e. The third-order valence-corrected chi connectivity index (χ3v) is 2.78. The first-order valence-electron chi connectivity index (χ1n) is 5.39. The zero-order chi connectivity index (χ0) is 12.5. The maximum atomic E-state index is 9.10. The van der Waals surface area contributed by atoms with E-state index < -0.39 is 0 Å². The van der Waals surface area contributed by atoms with Crippen LogP contribution in [0.25, 0.3) is 16.5 Å². The fourth-order valence-electron chi connectivity index (χ4n) is 1.97. The van der Waals surface area contributed by atoms with Crippen molar-refractivity contribution in [2.45, 2.75) is 0 Å². The molecule has 2 N–H and O–H groups in total. The number of nitriles is 1. The fraction of sp³-hybridized carbons (Fsp3) is 0. The predicted molar refractivity (Wildman–Crippen MR) is 68.0 cm³/mol. The molecule has 0 spiro atoms. The van der Waals surface area contributed by atoms with Gasteiger partial charge in [-0.1, -0.05) is 24.3 Å². The number of aromatic nitrogens is 3. The molecule has 86 valence electrons. The molecule has 1 heterocycles. The topological polar surface area (TPSA) is 80.5 Å². The molecule has 5 heteroatoms. The molecular formula is C13H9N5. The zero-order valence-electron chi connectivity index (χ0n) is 9.41. The van der Waals surface area contributed by atoms with E-state index >= 15 is 0 Å². The van der Waals surface area contributed by atoms with E-state index in [9.17, 15) is 0 Å². The Morgan fingerprint density at radius 1 is 1.11 bits per heavy atom. The lowest BCUT2D eigenvalue weighted by atomic mass is 10.0. The smallest absolute Gasteiger partial charge is 0.239 e. The van der Waals surface area contributed by atoms with Crippen molar-refractivity contribution in [3.05, 3.63) is 48.3 Å². The maximum absolute atomic E-state index is 9.10. The Morgan fingerprint density at radius 3 is 2.56 bits per heavy atom. The molecule has 0 aliphatic heterocycles. The van der Waals surface area contributed by atoms with E-state index in [1.54, 1.807) is 17.1 Å². The van der Waals surface area contributed by atoms with Crippen LogP contribution in [-0.2, 0) is 0 Å². The summed E-state index contributed by atoms with van der Waals surface area (Å²) >= 11 is 0. The van der Waals surface area contributed by atoms with Crippen LogP contribution >= 0.6 is 0 Å². The van der Waals surface area contributed by atoms with E-state index in [2.05, 4.69) is 16.2 Å². The van der Waals surface area contributed by atoms with Crippen molar-refractivity contribution in [3.8, 4) is 11.8 Å². The molecule has 0 radical (unpaired) electrons. The molecule has 0 unspecified atom stereocenters. The Bertz CT molecular complexity index is 766. The third-order valence-electron chi connectivity index (χ3n) is 2.78. The van der Waals surface area contributed by atoms with E-state index in [1.165, 1.54) is 0 Å². The number of hydrogen-bond donors (Lipinski definition) is 1. The van der Waals surface area contributed by atoms with Crippen LogP contribution in [0.5, 0.6) is 0 Å². The van der Waals surface area contributed by atoms with Gasteiger partial charge >= 0.3 is 0 Å². The minimum Gasteiger partial charge on any atom is -0.366 e. The van der Waals surface area contributed by atoms with Crippen LogP contribution < -0.4 is 5.73 Å². The molecule has 5 nitrogen and oxygen atoms in total. The lowest BCUT2D eigenvalue weighted by Crippen LogP contribution is -1.98. The Labute approximate surface area is 103 Å². The van der Waals surface area contributed by atoms with Gasteiger partial charge in [0.15, 0.2) is 0 Å². The van der Waals surface area contributed by atoms with Crippen LogP contribution in [-0.4, -0.2) is 14.8 Å². The number of anilines is 1. The van der Waals surface area contributed by atoms with Crippen molar-refractivity contribution in [2.24, 2.45) is 0 Å². The highest BCUT2D eigenvalue weighted by molar-refractivity contribution is 5.94. The summed E-state index contributed by atoms with van der Waals surface area (Å²) in [6.07, 6.45) is 1.56. The van der Waals surface area contributed by atoms with Crippen molar-refractivity contribution in [3.63, 3.8) is 0 Å². The van der Waals surface area contributed by atoms with E-state index in [0.29, 0.717) is 5.56 Å². The second-order valence-electron chi connectivity index (χ2n) is 3.84. The molecule has 0 fully saturated rings. The van der Waals surface area contributed by atoms with Gasteiger partial charge in [-0.2, -0.15) is 5.26 Å². The highest BCUT2D eigenvalue weighted by Gasteiger charge is 2.08. The molecule has 0 saturated carbocycles. The second-order valence-corrected chi connectivity index (χ2v) is 3.84. The Kier molecular flexibility index (Phi) is 2.21. The molecule has 0 aliphatic rings. The molecule has 0 aliphatic carbocycles. The van der Waals surface area contributed by atoms with Crippen molar-refractivity contribution < 1.29 is 0 Å². The van der Waals surface area contributed by atoms with Crippen LogP contribution in [0.3, 0.4) is 0 Å². The third kappa shape index (κ3) is 1.48. The average Bonchev–Trinajstić information content (AvgIpc) is 2.84. The molecule has 0 bridgehead atoms. The van der Waals surface area contributed by atoms with Gasteiger partial charge in [-0.3, -0.25) is 0 Å². The van der Waals surface area contributed by atoms with Gasteiger partial charge in [-0.15, -0.1) is 5.10 Å². The number of rotatable bonds is 1. The number of nitrogens with two attached hydrogens (primary N) is 1. The van der Waals surface area contributed by atoms with Crippen molar-refractivity contribution in [2.75, 3.05) is 5.73 Å². The molecule has 2 aromatic carbocycles. The highest BCUT2D eigenvalue weighted by atomic mass is 15.4. The van der Waals surface area contributed by atoms with Crippen LogP contribution in [0.2, 0.25) is 0 Å². The molecule has 18 heavy (non-hydrogen) atoms. The summed E-state index contributed by atoms with van der Waals surface area (Å²) in [6.45, 7) is 0. The normalized spacial score (nSPS) is 10.4. The fourth-order valence-corrected chi connectivity index (χ4v) is 1.97.